The molecule has 0 unspecified atom stereocenters. The highest BCUT2D eigenvalue weighted by atomic mass is 32.1. The molecule has 1 amide bonds. The average molecular weight is 424 g/mol. The Labute approximate surface area is 179 Å². The van der Waals surface area contributed by atoms with Crippen LogP contribution in [0.2, 0.25) is 0 Å². The molecule has 0 saturated carbocycles. The molecule has 0 radical (unpaired) electrons. The van der Waals surface area contributed by atoms with Gasteiger partial charge in [0.15, 0.2) is 0 Å². The SMILES string of the molecule is O=C(CN1CCc2sccc2[C@H]1c1cccs1)Nc1ccccc1N1CCCC1. The minimum absolute atomic E-state index is 0.0666. The van der Waals surface area contributed by atoms with Gasteiger partial charge in [-0.1, -0.05) is 18.2 Å². The minimum Gasteiger partial charge on any atom is -0.370 e. The maximum atomic E-state index is 13.0. The van der Waals surface area contributed by atoms with Crippen LogP contribution in [-0.4, -0.2) is 37.0 Å². The highest BCUT2D eigenvalue weighted by Gasteiger charge is 2.31. The Morgan fingerprint density at radius 3 is 2.69 bits per heavy atom. The van der Waals surface area contributed by atoms with Crippen LogP contribution >= 0.6 is 22.7 Å². The number of fused-ring (bicyclic) bond motifs is 1. The number of amides is 1. The van der Waals surface area contributed by atoms with Crippen molar-refractivity contribution in [3.05, 3.63) is 68.5 Å². The van der Waals surface area contributed by atoms with Crippen molar-refractivity contribution in [2.75, 3.05) is 36.4 Å². The van der Waals surface area contributed by atoms with Gasteiger partial charge in [0.05, 0.1) is 24.0 Å². The van der Waals surface area contributed by atoms with Crippen LogP contribution in [0.3, 0.4) is 0 Å². The largest absolute Gasteiger partial charge is 0.370 e. The van der Waals surface area contributed by atoms with Gasteiger partial charge in [0, 0.05) is 29.4 Å². The third-order valence-electron chi connectivity index (χ3n) is 5.85. The lowest BCUT2D eigenvalue weighted by molar-refractivity contribution is -0.117. The summed E-state index contributed by atoms with van der Waals surface area (Å²) in [5.41, 5.74) is 3.45. The van der Waals surface area contributed by atoms with Crippen LogP contribution in [-0.2, 0) is 11.2 Å². The van der Waals surface area contributed by atoms with Gasteiger partial charge in [-0.15, -0.1) is 22.7 Å². The molecule has 4 heterocycles. The summed E-state index contributed by atoms with van der Waals surface area (Å²) in [4.78, 5) is 20.5. The zero-order valence-corrected chi connectivity index (χ0v) is 18.0. The molecule has 2 aliphatic heterocycles. The van der Waals surface area contributed by atoms with E-state index in [1.54, 1.807) is 11.3 Å². The first-order valence-electron chi connectivity index (χ1n) is 10.3. The smallest absolute Gasteiger partial charge is 0.238 e. The first-order chi connectivity index (χ1) is 14.3. The predicted molar refractivity (Wildman–Crippen MR) is 122 cm³/mol. The van der Waals surface area contributed by atoms with E-state index in [1.807, 2.05) is 23.5 Å². The third-order valence-corrected chi connectivity index (χ3v) is 7.77. The molecule has 6 heteroatoms. The molecule has 1 aromatic carbocycles. The molecule has 29 heavy (non-hydrogen) atoms. The summed E-state index contributed by atoms with van der Waals surface area (Å²) in [5, 5.41) is 7.51. The summed E-state index contributed by atoms with van der Waals surface area (Å²) in [6.45, 7) is 3.46. The zero-order valence-electron chi connectivity index (χ0n) is 16.3. The van der Waals surface area contributed by atoms with E-state index in [0.29, 0.717) is 6.54 Å². The zero-order chi connectivity index (χ0) is 19.6. The Bertz CT molecular complexity index is 976. The molecule has 1 atom stereocenters. The van der Waals surface area contributed by atoms with E-state index in [0.717, 1.165) is 37.4 Å². The van der Waals surface area contributed by atoms with Gasteiger partial charge in [-0.3, -0.25) is 9.69 Å². The molecule has 4 nitrogen and oxygen atoms in total. The molecular weight excluding hydrogens is 398 g/mol. The van der Waals surface area contributed by atoms with Crippen LogP contribution in [0.25, 0.3) is 0 Å². The van der Waals surface area contributed by atoms with Crippen LogP contribution in [0.1, 0.15) is 34.2 Å². The van der Waals surface area contributed by atoms with Crippen LogP contribution in [0.4, 0.5) is 11.4 Å². The molecule has 2 aliphatic rings. The van der Waals surface area contributed by atoms with E-state index in [2.05, 4.69) is 56.2 Å². The average Bonchev–Trinajstić information content (AvgIpc) is 3.50. The summed E-state index contributed by atoms with van der Waals surface area (Å²) in [6.07, 6.45) is 3.47. The lowest BCUT2D eigenvalue weighted by Crippen LogP contribution is -2.40. The fourth-order valence-electron chi connectivity index (χ4n) is 4.51. The first-order valence-corrected chi connectivity index (χ1v) is 12.0. The summed E-state index contributed by atoms with van der Waals surface area (Å²) in [6, 6.07) is 14.9. The van der Waals surface area contributed by atoms with E-state index in [-0.39, 0.29) is 11.9 Å². The van der Waals surface area contributed by atoms with Crippen LogP contribution in [0, 0.1) is 0 Å². The molecule has 5 rings (SSSR count). The number of carbonyl (C=O) groups is 1. The molecule has 0 spiro atoms. The number of thiophene rings is 2. The number of anilines is 2. The Kier molecular flexibility index (Phi) is 5.40. The van der Waals surface area contributed by atoms with Crippen LogP contribution in [0.5, 0.6) is 0 Å². The van der Waals surface area contributed by atoms with E-state index < -0.39 is 0 Å². The van der Waals surface area contributed by atoms with Crippen LogP contribution < -0.4 is 10.2 Å². The highest BCUT2D eigenvalue weighted by molar-refractivity contribution is 7.10. The van der Waals surface area contributed by atoms with Gasteiger partial charge in [-0.2, -0.15) is 0 Å². The fourth-order valence-corrected chi connectivity index (χ4v) is 6.29. The van der Waals surface area contributed by atoms with E-state index >= 15 is 0 Å². The molecule has 150 valence electrons. The van der Waals surface area contributed by atoms with E-state index in [1.165, 1.54) is 28.2 Å². The molecule has 0 aliphatic carbocycles. The second kappa shape index (κ2) is 8.30. The summed E-state index contributed by atoms with van der Waals surface area (Å²) in [7, 11) is 0. The summed E-state index contributed by atoms with van der Waals surface area (Å²) >= 11 is 3.61. The number of hydrogen-bond donors (Lipinski definition) is 1. The molecule has 0 bridgehead atoms. The third kappa shape index (κ3) is 3.84. The normalized spacial score (nSPS) is 19.3. The monoisotopic (exact) mass is 423 g/mol. The Morgan fingerprint density at radius 1 is 1.00 bits per heavy atom. The molecule has 1 saturated heterocycles. The van der Waals surface area contributed by atoms with Crippen molar-refractivity contribution in [3.63, 3.8) is 0 Å². The van der Waals surface area contributed by atoms with Crippen molar-refractivity contribution in [2.45, 2.75) is 25.3 Å². The Morgan fingerprint density at radius 2 is 1.86 bits per heavy atom. The second-order valence-corrected chi connectivity index (χ2v) is 9.68. The maximum Gasteiger partial charge on any atom is 0.238 e. The topological polar surface area (TPSA) is 35.6 Å². The number of rotatable bonds is 5. The van der Waals surface area contributed by atoms with Gasteiger partial charge in [0.2, 0.25) is 5.91 Å². The lowest BCUT2D eigenvalue weighted by Gasteiger charge is -2.35. The van der Waals surface area contributed by atoms with E-state index in [4.69, 9.17) is 0 Å². The molecular formula is C23H25N3OS2. The second-order valence-electron chi connectivity index (χ2n) is 7.70. The van der Waals surface area contributed by atoms with Gasteiger partial charge in [0.25, 0.3) is 0 Å². The first kappa shape index (κ1) is 18.9. The number of benzene rings is 1. The number of nitrogens with zero attached hydrogens (tertiary/aromatic N) is 2. The standard InChI is InChI=1S/C23H25N3OS2/c27-22(24-18-6-1-2-7-19(18)25-11-3-4-12-25)16-26-13-9-20-17(10-15-29-20)23(26)21-8-5-14-28-21/h1-2,5-8,10,14-15,23H,3-4,9,11-13,16H2,(H,24,27)/t23-/m0/s1. The molecule has 1 N–H and O–H groups in total. The van der Waals surface area contributed by atoms with Gasteiger partial charge >= 0.3 is 0 Å². The quantitative estimate of drug-likeness (QED) is 0.628. The number of hydrogen-bond acceptors (Lipinski definition) is 5. The van der Waals surface area contributed by atoms with E-state index in [9.17, 15) is 4.79 Å². The highest BCUT2D eigenvalue weighted by Crippen LogP contribution is 2.39. The van der Waals surface area contributed by atoms with Crippen molar-refractivity contribution in [1.82, 2.24) is 4.90 Å². The Hall–Kier alpha value is -2.15. The van der Waals surface area contributed by atoms with Crippen molar-refractivity contribution in [1.29, 1.82) is 0 Å². The Balaban J connectivity index is 1.34. The van der Waals surface area contributed by atoms with Crippen LogP contribution in [0.15, 0.2) is 53.2 Å². The molecule has 1 fully saturated rings. The number of carbonyl (C=O) groups excluding carboxylic acids is 1. The molecule has 3 aromatic rings. The van der Waals surface area contributed by atoms with Gasteiger partial charge < -0.3 is 10.2 Å². The molecule has 2 aromatic heterocycles. The van der Waals surface area contributed by atoms with Gasteiger partial charge in [0.1, 0.15) is 0 Å². The predicted octanol–water partition coefficient (Wildman–Crippen LogP) is 5.00. The van der Waals surface area contributed by atoms with Gasteiger partial charge in [-0.25, -0.2) is 0 Å². The van der Waals surface area contributed by atoms with Crippen molar-refractivity contribution in [3.8, 4) is 0 Å². The fraction of sp³-hybridized carbons (Fsp3) is 0.348. The lowest BCUT2D eigenvalue weighted by atomic mass is 9.98. The minimum atomic E-state index is 0.0666. The maximum absolute atomic E-state index is 13.0. The van der Waals surface area contributed by atoms with Crippen molar-refractivity contribution in [2.24, 2.45) is 0 Å². The van der Waals surface area contributed by atoms with Gasteiger partial charge in [-0.05, 0) is 59.9 Å². The number of nitrogens with one attached hydrogen (secondary N) is 1. The summed E-state index contributed by atoms with van der Waals surface area (Å²) in [5.74, 6) is 0.0666. The summed E-state index contributed by atoms with van der Waals surface area (Å²) < 4.78 is 0. The van der Waals surface area contributed by atoms with Crippen molar-refractivity contribution < 1.29 is 4.79 Å². The van der Waals surface area contributed by atoms with Crippen molar-refractivity contribution >= 4 is 40.0 Å². The number of para-hydroxylation sites is 2.